The SMILES string of the molecule is FC(F)(F)Oc1ccc(C#CCBr)c(Cl)c1. The Hall–Kier alpha value is -0.860. The molecule has 0 fully saturated rings. The predicted octanol–water partition coefficient (Wildman–Crippen LogP) is 3.99. The second kappa shape index (κ2) is 5.46. The van der Waals surface area contributed by atoms with Gasteiger partial charge in [0.25, 0.3) is 0 Å². The van der Waals surface area contributed by atoms with Crippen molar-refractivity contribution in [3.05, 3.63) is 28.8 Å². The van der Waals surface area contributed by atoms with Gasteiger partial charge in [0.05, 0.1) is 10.4 Å². The van der Waals surface area contributed by atoms with Gasteiger partial charge in [-0.05, 0) is 12.1 Å². The van der Waals surface area contributed by atoms with Crippen LogP contribution in [0.4, 0.5) is 13.2 Å². The Morgan fingerprint density at radius 2 is 2.06 bits per heavy atom. The van der Waals surface area contributed by atoms with Crippen LogP contribution in [-0.2, 0) is 0 Å². The largest absolute Gasteiger partial charge is 0.573 e. The van der Waals surface area contributed by atoms with Crippen LogP contribution in [0, 0.1) is 11.8 Å². The van der Waals surface area contributed by atoms with Gasteiger partial charge in [-0.1, -0.05) is 39.4 Å². The molecule has 0 aliphatic carbocycles. The second-order valence-corrected chi connectivity index (χ2v) is 3.59. The van der Waals surface area contributed by atoms with Crippen molar-refractivity contribution < 1.29 is 17.9 Å². The average Bonchev–Trinajstić information content (AvgIpc) is 2.14. The molecular formula is C10H5BrClF3O. The van der Waals surface area contributed by atoms with E-state index in [1.807, 2.05) is 0 Å². The molecule has 16 heavy (non-hydrogen) atoms. The molecule has 0 aromatic heterocycles. The molecule has 1 nitrogen and oxygen atoms in total. The third-order valence-corrected chi connectivity index (χ3v) is 2.06. The molecule has 0 bridgehead atoms. The zero-order valence-corrected chi connectivity index (χ0v) is 10.1. The summed E-state index contributed by atoms with van der Waals surface area (Å²) in [6.07, 6.45) is -4.72. The van der Waals surface area contributed by atoms with Crippen molar-refractivity contribution in [1.82, 2.24) is 0 Å². The minimum absolute atomic E-state index is 0.121. The molecule has 0 saturated heterocycles. The molecule has 0 N–H and O–H groups in total. The molecule has 86 valence electrons. The smallest absolute Gasteiger partial charge is 0.406 e. The first-order valence-electron chi connectivity index (χ1n) is 4.02. The first-order chi connectivity index (χ1) is 7.42. The Morgan fingerprint density at radius 1 is 1.38 bits per heavy atom. The van der Waals surface area contributed by atoms with Crippen LogP contribution in [0.15, 0.2) is 18.2 Å². The van der Waals surface area contributed by atoms with E-state index >= 15 is 0 Å². The Labute approximate surface area is 104 Å². The molecule has 0 saturated carbocycles. The summed E-state index contributed by atoms with van der Waals surface area (Å²) in [6, 6.07) is 3.62. The minimum atomic E-state index is -4.72. The van der Waals surface area contributed by atoms with E-state index in [2.05, 4.69) is 32.5 Å². The maximum Gasteiger partial charge on any atom is 0.573 e. The highest BCUT2D eigenvalue weighted by atomic mass is 79.9. The third-order valence-electron chi connectivity index (χ3n) is 1.46. The Bertz CT molecular complexity index is 434. The van der Waals surface area contributed by atoms with Crippen LogP contribution in [0.5, 0.6) is 5.75 Å². The lowest BCUT2D eigenvalue weighted by atomic mass is 10.2. The molecule has 0 aliphatic rings. The fraction of sp³-hybridized carbons (Fsp3) is 0.200. The molecule has 1 rings (SSSR count). The molecule has 0 spiro atoms. The summed E-state index contributed by atoms with van der Waals surface area (Å²) in [6.45, 7) is 0. The number of benzene rings is 1. The van der Waals surface area contributed by atoms with Gasteiger partial charge in [0, 0.05) is 11.6 Å². The molecule has 0 heterocycles. The molecule has 1 aromatic carbocycles. The van der Waals surface area contributed by atoms with E-state index < -0.39 is 6.36 Å². The van der Waals surface area contributed by atoms with Gasteiger partial charge in [-0.3, -0.25) is 0 Å². The second-order valence-electron chi connectivity index (χ2n) is 2.62. The van der Waals surface area contributed by atoms with Crippen LogP contribution < -0.4 is 4.74 Å². The standard InChI is InChI=1S/C10H5BrClF3O/c11-5-1-2-7-3-4-8(6-9(7)12)16-10(13,14)15/h3-4,6H,5H2. The molecule has 1 aromatic rings. The molecule has 0 radical (unpaired) electrons. The summed E-state index contributed by atoms with van der Waals surface area (Å²) in [5.41, 5.74) is 0.454. The van der Waals surface area contributed by atoms with Crippen molar-refractivity contribution in [2.75, 3.05) is 5.33 Å². The van der Waals surface area contributed by atoms with E-state index in [-0.39, 0.29) is 10.8 Å². The van der Waals surface area contributed by atoms with Gasteiger partial charge in [-0.25, -0.2) is 0 Å². The Kier molecular flexibility index (Phi) is 4.51. The van der Waals surface area contributed by atoms with Gasteiger partial charge in [-0.15, -0.1) is 13.2 Å². The summed E-state index contributed by atoms with van der Waals surface area (Å²) in [5, 5.41) is 0.583. The van der Waals surface area contributed by atoms with Gasteiger partial charge < -0.3 is 4.74 Å². The van der Waals surface area contributed by atoms with Gasteiger partial charge >= 0.3 is 6.36 Å². The number of hydrogen-bond donors (Lipinski definition) is 0. The van der Waals surface area contributed by atoms with E-state index in [0.717, 1.165) is 12.1 Å². The Morgan fingerprint density at radius 3 is 2.56 bits per heavy atom. The zero-order chi connectivity index (χ0) is 12.2. The number of alkyl halides is 4. The van der Waals surface area contributed by atoms with Gasteiger partial charge in [0.2, 0.25) is 0 Å². The van der Waals surface area contributed by atoms with Crippen LogP contribution >= 0.6 is 27.5 Å². The molecule has 0 unspecified atom stereocenters. The molecule has 0 aliphatic heterocycles. The third kappa shape index (κ3) is 4.33. The summed E-state index contributed by atoms with van der Waals surface area (Å²) in [7, 11) is 0. The maximum absolute atomic E-state index is 11.9. The summed E-state index contributed by atoms with van der Waals surface area (Å²) >= 11 is 8.82. The van der Waals surface area contributed by atoms with E-state index in [1.165, 1.54) is 6.07 Å². The quantitative estimate of drug-likeness (QED) is 0.563. The highest BCUT2D eigenvalue weighted by Crippen LogP contribution is 2.27. The Balaban J connectivity index is 2.91. The lowest BCUT2D eigenvalue weighted by Crippen LogP contribution is -2.17. The highest BCUT2D eigenvalue weighted by molar-refractivity contribution is 9.09. The number of hydrogen-bond acceptors (Lipinski definition) is 1. The van der Waals surface area contributed by atoms with Crippen LogP contribution in [0.25, 0.3) is 0 Å². The van der Waals surface area contributed by atoms with Crippen molar-refractivity contribution in [1.29, 1.82) is 0 Å². The van der Waals surface area contributed by atoms with Crippen LogP contribution in [-0.4, -0.2) is 11.7 Å². The van der Waals surface area contributed by atoms with E-state index in [4.69, 9.17) is 11.6 Å². The van der Waals surface area contributed by atoms with E-state index in [9.17, 15) is 13.2 Å². The normalized spacial score (nSPS) is 10.6. The first kappa shape index (κ1) is 13.2. The van der Waals surface area contributed by atoms with Crippen molar-refractivity contribution >= 4 is 27.5 Å². The van der Waals surface area contributed by atoms with Gasteiger partial charge in [0.1, 0.15) is 5.75 Å². The number of ether oxygens (including phenoxy) is 1. The average molecular weight is 314 g/mol. The number of rotatable bonds is 1. The highest BCUT2D eigenvalue weighted by Gasteiger charge is 2.31. The maximum atomic E-state index is 11.9. The fourth-order valence-electron chi connectivity index (χ4n) is 0.923. The predicted molar refractivity (Wildman–Crippen MR) is 58.8 cm³/mol. The van der Waals surface area contributed by atoms with E-state index in [1.54, 1.807) is 0 Å². The summed E-state index contributed by atoms with van der Waals surface area (Å²) in [5.74, 6) is 5.02. The molecular weight excluding hydrogens is 308 g/mol. The van der Waals surface area contributed by atoms with Crippen molar-refractivity contribution in [3.63, 3.8) is 0 Å². The van der Waals surface area contributed by atoms with Gasteiger partial charge in [-0.2, -0.15) is 0 Å². The lowest BCUT2D eigenvalue weighted by Gasteiger charge is -2.09. The minimum Gasteiger partial charge on any atom is -0.406 e. The van der Waals surface area contributed by atoms with Crippen LogP contribution in [0.1, 0.15) is 5.56 Å². The van der Waals surface area contributed by atoms with Crippen molar-refractivity contribution in [2.45, 2.75) is 6.36 Å². The van der Waals surface area contributed by atoms with Crippen LogP contribution in [0.3, 0.4) is 0 Å². The van der Waals surface area contributed by atoms with Crippen LogP contribution in [0.2, 0.25) is 5.02 Å². The summed E-state index contributed by atoms with van der Waals surface area (Å²) in [4.78, 5) is 0. The first-order valence-corrected chi connectivity index (χ1v) is 5.52. The summed E-state index contributed by atoms with van der Waals surface area (Å²) < 4.78 is 39.3. The monoisotopic (exact) mass is 312 g/mol. The zero-order valence-electron chi connectivity index (χ0n) is 7.74. The van der Waals surface area contributed by atoms with Gasteiger partial charge in [0.15, 0.2) is 0 Å². The molecule has 0 atom stereocenters. The number of halogens is 5. The topological polar surface area (TPSA) is 9.23 Å². The van der Waals surface area contributed by atoms with E-state index in [0.29, 0.717) is 10.9 Å². The fourth-order valence-corrected chi connectivity index (χ4v) is 1.28. The molecule has 6 heteroatoms. The lowest BCUT2D eigenvalue weighted by molar-refractivity contribution is -0.274. The van der Waals surface area contributed by atoms with Crippen molar-refractivity contribution in [3.8, 4) is 17.6 Å². The molecule has 0 amide bonds. The van der Waals surface area contributed by atoms with Crippen molar-refractivity contribution in [2.24, 2.45) is 0 Å².